The first-order valence-corrected chi connectivity index (χ1v) is 5.63. The van der Waals surface area contributed by atoms with Crippen molar-refractivity contribution >= 4 is 6.16 Å². The molecule has 0 radical (unpaired) electrons. The maximum atomic E-state index is 11.2. The minimum absolute atomic E-state index is 0.181. The molecule has 17 heavy (non-hydrogen) atoms. The van der Waals surface area contributed by atoms with Gasteiger partial charge in [0, 0.05) is 27.2 Å². The van der Waals surface area contributed by atoms with Crippen molar-refractivity contribution in [2.24, 2.45) is 0 Å². The van der Waals surface area contributed by atoms with Crippen LogP contribution in [-0.2, 0) is 23.7 Å². The van der Waals surface area contributed by atoms with Crippen molar-refractivity contribution < 1.29 is 28.5 Å². The van der Waals surface area contributed by atoms with Gasteiger partial charge in [-0.2, -0.15) is 0 Å². The highest BCUT2D eigenvalue weighted by molar-refractivity contribution is 5.60. The Balaban J connectivity index is 3.76. The normalized spacial score (nSPS) is 12.2. The summed E-state index contributed by atoms with van der Waals surface area (Å²) in [5.41, 5.74) is 0. The summed E-state index contributed by atoms with van der Waals surface area (Å²) in [7, 11) is 3.08. The third-order valence-corrected chi connectivity index (χ3v) is 1.91. The predicted octanol–water partition coefficient (Wildman–Crippen LogP) is 1.23. The van der Waals surface area contributed by atoms with E-state index in [0.29, 0.717) is 32.8 Å². The Bertz CT molecular complexity index is 185. The summed E-state index contributed by atoms with van der Waals surface area (Å²) in [6.07, 6.45) is -0.469. The van der Waals surface area contributed by atoms with E-state index < -0.39 is 6.16 Å². The van der Waals surface area contributed by atoms with Crippen molar-refractivity contribution in [1.29, 1.82) is 0 Å². The molecule has 0 amide bonds. The second kappa shape index (κ2) is 11.6. The van der Waals surface area contributed by atoms with Gasteiger partial charge in [-0.15, -0.1) is 0 Å². The van der Waals surface area contributed by atoms with Gasteiger partial charge in [0.15, 0.2) is 0 Å². The highest BCUT2D eigenvalue weighted by Gasteiger charge is 2.15. The molecule has 0 aliphatic rings. The second-order valence-electron chi connectivity index (χ2n) is 3.27. The predicted molar refractivity (Wildman–Crippen MR) is 61.1 cm³/mol. The molecule has 0 heterocycles. The Kier molecular flexibility index (Phi) is 11.0. The highest BCUT2D eigenvalue weighted by atomic mass is 16.7. The van der Waals surface area contributed by atoms with Crippen molar-refractivity contribution in [2.45, 2.75) is 19.4 Å². The fourth-order valence-electron chi connectivity index (χ4n) is 1.10. The van der Waals surface area contributed by atoms with Crippen LogP contribution in [0.4, 0.5) is 4.79 Å². The Hall–Kier alpha value is -0.850. The minimum Gasteiger partial charge on any atom is -0.432 e. The summed E-state index contributed by atoms with van der Waals surface area (Å²) >= 11 is 0. The van der Waals surface area contributed by atoms with E-state index in [1.807, 2.05) is 6.92 Å². The average molecular weight is 250 g/mol. The van der Waals surface area contributed by atoms with Gasteiger partial charge in [0.2, 0.25) is 0 Å². The van der Waals surface area contributed by atoms with E-state index in [-0.39, 0.29) is 12.7 Å². The smallest absolute Gasteiger partial charge is 0.432 e. The molecule has 0 saturated carbocycles. The second-order valence-corrected chi connectivity index (χ2v) is 3.27. The van der Waals surface area contributed by atoms with Gasteiger partial charge in [0.25, 0.3) is 0 Å². The van der Waals surface area contributed by atoms with Crippen molar-refractivity contribution in [2.75, 3.05) is 47.3 Å². The van der Waals surface area contributed by atoms with E-state index in [9.17, 15) is 4.79 Å². The molecule has 102 valence electrons. The van der Waals surface area contributed by atoms with E-state index in [4.69, 9.17) is 23.7 Å². The Labute approximate surface area is 102 Å². The average Bonchev–Trinajstić information content (AvgIpc) is 2.30. The zero-order valence-corrected chi connectivity index (χ0v) is 10.8. The largest absolute Gasteiger partial charge is 0.508 e. The number of carbonyl (C=O) groups excluding carboxylic acids is 1. The van der Waals surface area contributed by atoms with Gasteiger partial charge in [-0.25, -0.2) is 4.79 Å². The molecule has 0 aliphatic heterocycles. The lowest BCUT2D eigenvalue weighted by Gasteiger charge is -2.16. The number of carbonyl (C=O) groups is 1. The molecule has 0 aliphatic carbocycles. The molecular weight excluding hydrogens is 228 g/mol. The van der Waals surface area contributed by atoms with Gasteiger partial charge in [-0.1, -0.05) is 0 Å². The summed E-state index contributed by atoms with van der Waals surface area (Å²) in [4.78, 5) is 11.2. The molecule has 0 aromatic rings. The standard InChI is InChI=1S/C11H22O6/c1-4-15-6-5-10(9-14-3)17-11(12)16-8-7-13-2/h10H,4-9H2,1-3H3. The number of ether oxygens (including phenoxy) is 5. The molecule has 1 unspecified atom stereocenters. The van der Waals surface area contributed by atoms with Gasteiger partial charge in [-0.05, 0) is 6.92 Å². The van der Waals surface area contributed by atoms with Crippen LogP contribution in [0.5, 0.6) is 0 Å². The van der Waals surface area contributed by atoms with Gasteiger partial charge < -0.3 is 23.7 Å². The fourth-order valence-corrected chi connectivity index (χ4v) is 1.10. The lowest BCUT2D eigenvalue weighted by atomic mass is 10.3. The Morgan fingerprint density at radius 3 is 2.47 bits per heavy atom. The summed E-state index contributed by atoms with van der Waals surface area (Å²) in [6, 6.07) is 0. The number of rotatable bonds is 10. The van der Waals surface area contributed by atoms with Gasteiger partial charge in [0.1, 0.15) is 12.7 Å². The zero-order chi connectivity index (χ0) is 12.9. The molecule has 0 spiro atoms. The molecule has 0 saturated heterocycles. The molecule has 0 fully saturated rings. The maximum Gasteiger partial charge on any atom is 0.508 e. The quantitative estimate of drug-likeness (QED) is 0.429. The van der Waals surface area contributed by atoms with Crippen LogP contribution < -0.4 is 0 Å². The number of methoxy groups -OCH3 is 2. The molecule has 0 aromatic heterocycles. The van der Waals surface area contributed by atoms with Crippen LogP contribution in [0.15, 0.2) is 0 Å². The maximum absolute atomic E-state index is 11.2. The number of hydrogen-bond acceptors (Lipinski definition) is 6. The SMILES string of the molecule is CCOCCC(COC)OC(=O)OCCOC. The van der Waals surface area contributed by atoms with Crippen molar-refractivity contribution in [3.8, 4) is 0 Å². The lowest BCUT2D eigenvalue weighted by Crippen LogP contribution is -2.25. The van der Waals surface area contributed by atoms with Crippen LogP contribution in [0.1, 0.15) is 13.3 Å². The number of hydrogen-bond donors (Lipinski definition) is 0. The van der Waals surface area contributed by atoms with Crippen LogP contribution in [0.25, 0.3) is 0 Å². The van der Waals surface area contributed by atoms with E-state index in [0.717, 1.165) is 0 Å². The molecule has 6 heteroatoms. The van der Waals surface area contributed by atoms with Crippen molar-refractivity contribution in [3.05, 3.63) is 0 Å². The molecule has 0 bridgehead atoms. The third-order valence-electron chi connectivity index (χ3n) is 1.91. The van der Waals surface area contributed by atoms with Gasteiger partial charge in [-0.3, -0.25) is 0 Å². The third kappa shape index (κ3) is 10.0. The minimum atomic E-state index is -0.708. The van der Waals surface area contributed by atoms with E-state index in [1.54, 1.807) is 7.11 Å². The van der Waals surface area contributed by atoms with Crippen molar-refractivity contribution in [1.82, 2.24) is 0 Å². The zero-order valence-electron chi connectivity index (χ0n) is 10.8. The molecule has 0 aromatic carbocycles. The van der Waals surface area contributed by atoms with E-state index in [2.05, 4.69) is 0 Å². The summed E-state index contributed by atoms with van der Waals surface area (Å²) in [6.45, 7) is 3.93. The topological polar surface area (TPSA) is 63.2 Å². The van der Waals surface area contributed by atoms with E-state index in [1.165, 1.54) is 7.11 Å². The van der Waals surface area contributed by atoms with E-state index >= 15 is 0 Å². The van der Waals surface area contributed by atoms with Crippen LogP contribution in [-0.4, -0.2) is 59.5 Å². The van der Waals surface area contributed by atoms with Crippen molar-refractivity contribution in [3.63, 3.8) is 0 Å². The highest BCUT2D eigenvalue weighted by Crippen LogP contribution is 2.02. The summed E-state index contributed by atoms with van der Waals surface area (Å²) < 4.78 is 24.7. The van der Waals surface area contributed by atoms with Crippen LogP contribution in [0.2, 0.25) is 0 Å². The summed E-state index contributed by atoms with van der Waals surface area (Å²) in [5, 5.41) is 0. The monoisotopic (exact) mass is 250 g/mol. The van der Waals surface area contributed by atoms with Gasteiger partial charge >= 0.3 is 6.16 Å². The Morgan fingerprint density at radius 2 is 1.88 bits per heavy atom. The molecule has 1 atom stereocenters. The first kappa shape index (κ1) is 16.1. The molecule has 6 nitrogen and oxygen atoms in total. The molecule has 0 N–H and O–H groups in total. The lowest BCUT2D eigenvalue weighted by molar-refractivity contribution is -0.0245. The van der Waals surface area contributed by atoms with Crippen LogP contribution >= 0.6 is 0 Å². The molecule has 0 rings (SSSR count). The van der Waals surface area contributed by atoms with Crippen LogP contribution in [0.3, 0.4) is 0 Å². The van der Waals surface area contributed by atoms with Gasteiger partial charge in [0.05, 0.1) is 19.8 Å². The Morgan fingerprint density at radius 1 is 1.12 bits per heavy atom. The fraction of sp³-hybridized carbons (Fsp3) is 0.909. The summed E-state index contributed by atoms with van der Waals surface area (Å²) in [5.74, 6) is 0. The van der Waals surface area contributed by atoms with Crippen LogP contribution in [0, 0.1) is 0 Å². The molecular formula is C11H22O6. The first-order chi connectivity index (χ1) is 8.24. The first-order valence-electron chi connectivity index (χ1n) is 5.63.